The molecule has 18 heavy (non-hydrogen) atoms. The zero-order chi connectivity index (χ0) is 12.1. The molecule has 1 fully saturated rings. The van der Waals surface area contributed by atoms with Crippen molar-refractivity contribution in [3.05, 3.63) is 41.5 Å². The number of hydrogen-bond acceptors (Lipinski definition) is 2. The summed E-state index contributed by atoms with van der Waals surface area (Å²) in [7, 11) is 0. The standard InChI is InChI=1S/C16H14N2/c17-10-11-1-2-13-9-16-15(8-14(13)7-11)12-3-5-18(16)6-4-12/h1-2,7-9,12H,3-6H2. The molecule has 0 aliphatic carbocycles. The van der Waals surface area contributed by atoms with Gasteiger partial charge in [-0.2, -0.15) is 5.26 Å². The molecule has 0 aromatic heterocycles. The summed E-state index contributed by atoms with van der Waals surface area (Å²) in [6.45, 7) is 2.42. The van der Waals surface area contributed by atoms with Gasteiger partial charge in [-0.25, -0.2) is 0 Å². The van der Waals surface area contributed by atoms with E-state index < -0.39 is 0 Å². The van der Waals surface area contributed by atoms with Gasteiger partial charge in [0.05, 0.1) is 11.6 Å². The minimum Gasteiger partial charge on any atom is -0.371 e. The van der Waals surface area contributed by atoms with Gasteiger partial charge in [-0.1, -0.05) is 6.07 Å². The Labute approximate surface area is 106 Å². The molecule has 3 heterocycles. The monoisotopic (exact) mass is 234 g/mol. The number of rotatable bonds is 0. The van der Waals surface area contributed by atoms with Crippen molar-refractivity contribution >= 4 is 16.5 Å². The number of nitriles is 1. The maximum absolute atomic E-state index is 8.98. The molecule has 0 amide bonds. The lowest BCUT2D eigenvalue weighted by molar-refractivity contribution is 0.475. The second-order valence-corrected chi connectivity index (χ2v) is 5.35. The molecular formula is C16H14N2. The Morgan fingerprint density at radius 1 is 1.06 bits per heavy atom. The van der Waals surface area contributed by atoms with Crippen molar-refractivity contribution in [1.29, 1.82) is 5.26 Å². The van der Waals surface area contributed by atoms with Gasteiger partial charge < -0.3 is 4.90 Å². The van der Waals surface area contributed by atoms with E-state index in [0.29, 0.717) is 0 Å². The first kappa shape index (κ1) is 9.96. The van der Waals surface area contributed by atoms with E-state index in [2.05, 4.69) is 29.2 Å². The first-order valence-corrected chi connectivity index (χ1v) is 6.58. The summed E-state index contributed by atoms with van der Waals surface area (Å²) in [6.07, 6.45) is 2.58. The van der Waals surface area contributed by atoms with Crippen LogP contribution in [0.2, 0.25) is 0 Å². The molecular weight excluding hydrogens is 220 g/mol. The van der Waals surface area contributed by atoms with Crippen LogP contribution in [-0.2, 0) is 0 Å². The molecule has 2 heteroatoms. The van der Waals surface area contributed by atoms with Crippen molar-refractivity contribution < 1.29 is 0 Å². The third kappa shape index (κ3) is 1.28. The summed E-state index contributed by atoms with van der Waals surface area (Å²) >= 11 is 0. The van der Waals surface area contributed by atoms with Gasteiger partial charge in [0.25, 0.3) is 0 Å². The van der Waals surface area contributed by atoms with Crippen LogP contribution in [0.5, 0.6) is 0 Å². The summed E-state index contributed by atoms with van der Waals surface area (Å²) < 4.78 is 0. The van der Waals surface area contributed by atoms with Crippen molar-refractivity contribution in [1.82, 2.24) is 0 Å². The maximum atomic E-state index is 8.98. The van der Waals surface area contributed by atoms with Crippen molar-refractivity contribution in [2.45, 2.75) is 18.8 Å². The lowest BCUT2D eigenvalue weighted by atomic mass is 9.82. The van der Waals surface area contributed by atoms with Gasteiger partial charge in [-0.05, 0) is 59.4 Å². The molecule has 2 aromatic carbocycles. The normalized spacial score (nSPS) is 17.8. The van der Waals surface area contributed by atoms with Crippen molar-refractivity contribution in [3.8, 4) is 6.07 Å². The van der Waals surface area contributed by atoms with Crippen LogP contribution < -0.4 is 4.90 Å². The Morgan fingerprint density at radius 2 is 1.89 bits per heavy atom. The lowest BCUT2D eigenvalue weighted by Gasteiger charge is -2.42. The zero-order valence-electron chi connectivity index (χ0n) is 10.2. The molecule has 3 aliphatic heterocycles. The summed E-state index contributed by atoms with van der Waals surface area (Å²) in [5, 5.41) is 11.4. The Balaban J connectivity index is 1.99. The van der Waals surface area contributed by atoms with Crippen LogP contribution in [0.15, 0.2) is 30.3 Å². The molecule has 0 radical (unpaired) electrons. The minimum absolute atomic E-state index is 0.736. The van der Waals surface area contributed by atoms with E-state index in [1.54, 1.807) is 0 Å². The molecule has 2 nitrogen and oxygen atoms in total. The zero-order valence-corrected chi connectivity index (χ0v) is 10.2. The van der Waals surface area contributed by atoms with Crippen LogP contribution >= 0.6 is 0 Å². The summed E-state index contributed by atoms with van der Waals surface area (Å²) in [5.41, 5.74) is 3.67. The molecule has 2 bridgehead atoms. The molecule has 5 rings (SSSR count). The van der Waals surface area contributed by atoms with Crippen molar-refractivity contribution in [2.75, 3.05) is 18.0 Å². The highest BCUT2D eigenvalue weighted by Crippen LogP contribution is 2.43. The van der Waals surface area contributed by atoms with E-state index in [1.165, 1.54) is 48.0 Å². The highest BCUT2D eigenvalue weighted by Gasteiger charge is 2.30. The summed E-state index contributed by atoms with van der Waals surface area (Å²) in [6, 6.07) is 12.8. The predicted molar refractivity (Wildman–Crippen MR) is 72.9 cm³/mol. The maximum Gasteiger partial charge on any atom is 0.0991 e. The van der Waals surface area contributed by atoms with Gasteiger partial charge in [0.1, 0.15) is 0 Å². The topological polar surface area (TPSA) is 27.0 Å². The SMILES string of the molecule is N#Cc1ccc2cc3c(cc2c1)C1CCN3CC1. The summed E-state index contributed by atoms with van der Waals surface area (Å²) in [5.74, 6) is 0.736. The largest absolute Gasteiger partial charge is 0.371 e. The van der Waals surface area contributed by atoms with E-state index in [1.807, 2.05) is 12.1 Å². The van der Waals surface area contributed by atoms with Crippen LogP contribution in [0.3, 0.4) is 0 Å². The first-order valence-electron chi connectivity index (χ1n) is 6.58. The van der Waals surface area contributed by atoms with E-state index in [9.17, 15) is 0 Å². The number of benzene rings is 2. The van der Waals surface area contributed by atoms with Gasteiger partial charge in [-0.15, -0.1) is 0 Å². The van der Waals surface area contributed by atoms with Gasteiger partial charge >= 0.3 is 0 Å². The Hall–Kier alpha value is -2.01. The molecule has 0 saturated carbocycles. The average Bonchev–Trinajstić information content (AvgIpc) is 2.46. The van der Waals surface area contributed by atoms with Crippen LogP contribution in [0.25, 0.3) is 10.8 Å². The average molecular weight is 234 g/mol. The number of nitrogens with zero attached hydrogens (tertiary/aromatic N) is 2. The summed E-state index contributed by atoms with van der Waals surface area (Å²) in [4.78, 5) is 2.51. The molecule has 0 unspecified atom stereocenters. The lowest BCUT2D eigenvalue weighted by Crippen LogP contribution is -2.38. The van der Waals surface area contributed by atoms with Gasteiger partial charge in [0.2, 0.25) is 0 Å². The molecule has 0 spiro atoms. The van der Waals surface area contributed by atoms with E-state index >= 15 is 0 Å². The second kappa shape index (κ2) is 3.49. The Bertz CT molecular complexity index is 673. The van der Waals surface area contributed by atoms with Crippen molar-refractivity contribution in [3.63, 3.8) is 0 Å². The number of fused-ring (bicyclic) bond motifs is 3. The second-order valence-electron chi connectivity index (χ2n) is 5.35. The van der Waals surface area contributed by atoms with Crippen LogP contribution in [0.1, 0.15) is 29.9 Å². The first-order chi connectivity index (χ1) is 8.85. The molecule has 0 N–H and O–H groups in total. The van der Waals surface area contributed by atoms with Crippen molar-refractivity contribution in [2.24, 2.45) is 0 Å². The van der Waals surface area contributed by atoms with Gasteiger partial charge in [-0.3, -0.25) is 0 Å². The molecule has 1 saturated heterocycles. The van der Waals surface area contributed by atoms with Gasteiger partial charge in [0, 0.05) is 18.8 Å². The quantitative estimate of drug-likeness (QED) is 0.698. The molecule has 2 aromatic rings. The highest BCUT2D eigenvalue weighted by molar-refractivity contribution is 5.89. The van der Waals surface area contributed by atoms with E-state index in [0.717, 1.165) is 11.5 Å². The Morgan fingerprint density at radius 3 is 2.67 bits per heavy atom. The fourth-order valence-electron chi connectivity index (χ4n) is 3.41. The molecule has 0 atom stereocenters. The fraction of sp³-hybridized carbons (Fsp3) is 0.312. The minimum atomic E-state index is 0.736. The third-order valence-corrected chi connectivity index (χ3v) is 4.39. The predicted octanol–water partition coefficient (Wildman–Crippen LogP) is 3.41. The molecule has 88 valence electrons. The number of anilines is 1. The number of piperidine rings is 1. The smallest absolute Gasteiger partial charge is 0.0991 e. The van der Waals surface area contributed by atoms with Crippen LogP contribution in [0, 0.1) is 11.3 Å². The number of hydrogen-bond donors (Lipinski definition) is 0. The molecule has 3 aliphatic rings. The highest BCUT2D eigenvalue weighted by atomic mass is 15.1. The fourth-order valence-corrected chi connectivity index (χ4v) is 3.41. The Kier molecular flexibility index (Phi) is 1.93. The third-order valence-electron chi connectivity index (χ3n) is 4.39. The van der Waals surface area contributed by atoms with E-state index in [-0.39, 0.29) is 0 Å². The van der Waals surface area contributed by atoms with E-state index in [4.69, 9.17) is 5.26 Å². The van der Waals surface area contributed by atoms with Gasteiger partial charge in [0.15, 0.2) is 0 Å². The van der Waals surface area contributed by atoms with Crippen LogP contribution in [0.4, 0.5) is 5.69 Å². The van der Waals surface area contributed by atoms with Crippen LogP contribution in [-0.4, -0.2) is 13.1 Å².